The van der Waals surface area contributed by atoms with Gasteiger partial charge in [-0.05, 0) is 96.3 Å². The summed E-state index contributed by atoms with van der Waals surface area (Å²) in [6.45, 7) is 3.43. The number of rotatable bonds is 39. The number of aliphatic carboxylic acids is 1. The van der Waals surface area contributed by atoms with Crippen molar-refractivity contribution in [2.45, 2.75) is 142 Å². The zero-order valence-corrected chi connectivity index (χ0v) is 36.9. The van der Waals surface area contributed by atoms with Crippen molar-refractivity contribution >= 4 is 19.8 Å². The van der Waals surface area contributed by atoms with Crippen LogP contribution in [0.1, 0.15) is 129 Å². The molecule has 0 aliphatic heterocycles. The van der Waals surface area contributed by atoms with Crippen molar-refractivity contribution in [1.82, 2.24) is 0 Å². The highest BCUT2D eigenvalue weighted by atomic mass is 31.2. The summed E-state index contributed by atoms with van der Waals surface area (Å²) in [7, 11) is -4.65. The molecule has 0 saturated heterocycles. The maximum Gasteiger partial charge on any atom is 0.472 e. The van der Waals surface area contributed by atoms with Gasteiger partial charge >= 0.3 is 19.8 Å². The molecule has 0 aliphatic carbocycles. The van der Waals surface area contributed by atoms with Gasteiger partial charge < -0.3 is 25.2 Å². The Hall–Kier alpha value is -3.63. The quantitative estimate of drug-likeness (QED) is 0.0236. The highest BCUT2D eigenvalue weighted by Gasteiger charge is 2.27. The Balaban J connectivity index is 4.39. The average molecular weight is 842 g/mol. The highest BCUT2D eigenvalue weighted by molar-refractivity contribution is 7.47. The van der Waals surface area contributed by atoms with Crippen molar-refractivity contribution in [2.24, 2.45) is 5.73 Å². The number of ether oxygens (including phenoxy) is 2. The first-order valence-corrected chi connectivity index (χ1v) is 23.1. The fourth-order valence-electron chi connectivity index (χ4n) is 4.96. The number of carboxylic acids is 1. The Bertz CT molecular complexity index is 1390. The van der Waals surface area contributed by atoms with Crippen LogP contribution in [0.4, 0.5) is 0 Å². The summed E-state index contributed by atoms with van der Waals surface area (Å²) in [5, 5.41) is 8.89. The number of hydrogen-bond donors (Lipinski definition) is 3. The second-order valence-electron chi connectivity index (χ2n) is 13.7. The molecule has 11 heteroatoms. The fourth-order valence-corrected chi connectivity index (χ4v) is 5.74. The molecule has 0 rings (SSSR count). The van der Waals surface area contributed by atoms with Gasteiger partial charge in [0.1, 0.15) is 12.1 Å². The molecule has 59 heavy (non-hydrogen) atoms. The average Bonchev–Trinajstić information content (AvgIpc) is 3.21. The summed E-state index contributed by atoms with van der Waals surface area (Å²) in [5.41, 5.74) is 5.35. The van der Waals surface area contributed by atoms with Crippen LogP contribution in [0.25, 0.3) is 0 Å². The molecule has 0 aromatic carbocycles. The molecule has 0 fully saturated rings. The normalized spacial score (nSPS) is 15.1. The van der Waals surface area contributed by atoms with Crippen LogP contribution in [0.3, 0.4) is 0 Å². The first-order valence-electron chi connectivity index (χ1n) is 21.6. The zero-order chi connectivity index (χ0) is 43.3. The van der Waals surface area contributed by atoms with Gasteiger partial charge in [0, 0.05) is 13.0 Å². The maximum atomic E-state index is 12.6. The molecule has 3 unspecified atom stereocenters. The van der Waals surface area contributed by atoms with Gasteiger partial charge in [0.05, 0.1) is 19.8 Å². The van der Waals surface area contributed by atoms with Crippen LogP contribution in [0.2, 0.25) is 0 Å². The van der Waals surface area contributed by atoms with E-state index in [0.29, 0.717) is 13.0 Å². The monoisotopic (exact) mass is 842 g/mol. The third-order valence-corrected chi connectivity index (χ3v) is 9.19. The molecule has 0 spiro atoms. The van der Waals surface area contributed by atoms with E-state index in [1.165, 1.54) is 0 Å². The number of unbranched alkanes of at least 4 members (excludes halogenated alkanes) is 5. The van der Waals surface area contributed by atoms with Crippen molar-refractivity contribution in [3.63, 3.8) is 0 Å². The van der Waals surface area contributed by atoms with Crippen LogP contribution < -0.4 is 5.73 Å². The van der Waals surface area contributed by atoms with Crippen molar-refractivity contribution in [2.75, 3.05) is 26.4 Å². The minimum atomic E-state index is -4.65. The number of carbonyl (C=O) groups excluding carboxylic acids is 1. The van der Waals surface area contributed by atoms with Crippen LogP contribution in [0.15, 0.2) is 122 Å². The first-order chi connectivity index (χ1) is 28.7. The first kappa shape index (κ1) is 55.4. The third kappa shape index (κ3) is 42.3. The van der Waals surface area contributed by atoms with Gasteiger partial charge in [-0.15, -0.1) is 0 Å². The Kier molecular flexibility index (Phi) is 39.9. The predicted octanol–water partition coefficient (Wildman–Crippen LogP) is 12.1. The predicted molar refractivity (Wildman–Crippen MR) is 244 cm³/mol. The molecular weight excluding hydrogens is 766 g/mol. The Morgan fingerprint density at radius 3 is 1.37 bits per heavy atom. The van der Waals surface area contributed by atoms with Crippen LogP contribution in [0.5, 0.6) is 0 Å². The van der Waals surface area contributed by atoms with Gasteiger partial charge in [0.25, 0.3) is 0 Å². The molecular formula is C48H76NO9P. The van der Waals surface area contributed by atoms with E-state index in [-0.39, 0.29) is 13.0 Å². The van der Waals surface area contributed by atoms with Crippen molar-refractivity contribution in [1.29, 1.82) is 0 Å². The molecule has 0 amide bonds. The van der Waals surface area contributed by atoms with E-state index in [0.717, 1.165) is 103 Å². The lowest BCUT2D eigenvalue weighted by atomic mass is 10.1. The summed E-state index contributed by atoms with van der Waals surface area (Å²) < 4.78 is 33.2. The second-order valence-corrected chi connectivity index (χ2v) is 15.2. The second kappa shape index (κ2) is 42.5. The third-order valence-electron chi connectivity index (χ3n) is 8.24. The minimum absolute atomic E-state index is 0.0411. The molecule has 0 radical (unpaired) electrons. The molecule has 3 atom stereocenters. The Labute approximate surface area is 356 Å². The van der Waals surface area contributed by atoms with E-state index < -0.39 is 45.1 Å². The molecule has 0 bridgehead atoms. The van der Waals surface area contributed by atoms with Crippen LogP contribution in [-0.4, -0.2) is 60.5 Å². The van der Waals surface area contributed by atoms with E-state index >= 15 is 0 Å². The lowest BCUT2D eigenvalue weighted by molar-refractivity contribution is -0.154. The molecule has 332 valence electrons. The van der Waals surface area contributed by atoms with Crippen LogP contribution in [-0.2, 0) is 32.7 Å². The molecule has 0 aliphatic rings. The van der Waals surface area contributed by atoms with Gasteiger partial charge in [-0.25, -0.2) is 4.57 Å². The Morgan fingerprint density at radius 1 is 0.542 bits per heavy atom. The van der Waals surface area contributed by atoms with E-state index in [1.54, 1.807) is 0 Å². The fraction of sp³-hybridized carbons (Fsp3) is 0.542. The minimum Gasteiger partial charge on any atom is -0.480 e. The highest BCUT2D eigenvalue weighted by Crippen LogP contribution is 2.43. The van der Waals surface area contributed by atoms with Crippen LogP contribution >= 0.6 is 7.82 Å². The van der Waals surface area contributed by atoms with Gasteiger partial charge in [0.2, 0.25) is 0 Å². The van der Waals surface area contributed by atoms with Crippen molar-refractivity contribution < 1.29 is 42.7 Å². The smallest absolute Gasteiger partial charge is 0.472 e. The summed E-state index contributed by atoms with van der Waals surface area (Å²) in [4.78, 5) is 33.5. The lowest BCUT2D eigenvalue weighted by Gasteiger charge is -2.20. The summed E-state index contributed by atoms with van der Waals surface area (Å²) in [5.74, 6) is -1.84. The standard InChI is InChI=1S/C48H76NO9P/c1-3-5-7-9-11-13-15-17-19-20-21-22-23-24-25-26-27-28-30-32-34-36-38-40-47(50)58-45(43-56-59(53,54)57-44-46(49)48(51)52)42-55-41-39-37-35-33-31-29-18-16-14-12-10-8-6-4-2/h5-8,11-14,17-19,21-22,24-25,27-29,33,35,45-46H,3-4,9-10,15-16,20,23,26,30-32,34,36-44,49H2,1-2H3,(H,51,52)(H,53,54)/b7-5-,8-6-,13-11-,14-12-,19-17-,22-21-,25-24-,28-27-,29-18-,35-33-. The lowest BCUT2D eigenvalue weighted by Crippen LogP contribution is -2.34. The molecule has 0 saturated carbocycles. The van der Waals surface area contributed by atoms with E-state index in [9.17, 15) is 19.0 Å². The molecule has 0 aromatic rings. The molecule has 0 aromatic heterocycles. The van der Waals surface area contributed by atoms with Crippen LogP contribution in [0, 0.1) is 0 Å². The number of hydrogen-bond acceptors (Lipinski definition) is 8. The number of carbonyl (C=O) groups is 2. The van der Waals surface area contributed by atoms with Crippen molar-refractivity contribution in [3.8, 4) is 0 Å². The maximum absolute atomic E-state index is 12.6. The van der Waals surface area contributed by atoms with Gasteiger partial charge in [-0.2, -0.15) is 0 Å². The topological polar surface area (TPSA) is 155 Å². The number of nitrogens with two attached hydrogens (primary N) is 1. The van der Waals surface area contributed by atoms with Gasteiger partial charge in [0.15, 0.2) is 0 Å². The van der Waals surface area contributed by atoms with E-state index in [4.69, 9.17) is 29.4 Å². The molecule has 10 nitrogen and oxygen atoms in total. The molecule has 4 N–H and O–H groups in total. The number of phosphoric acid groups is 1. The number of phosphoric ester groups is 1. The van der Waals surface area contributed by atoms with Gasteiger partial charge in [-0.1, -0.05) is 148 Å². The summed E-state index contributed by atoms with van der Waals surface area (Å²) in [6.07, 6.45) is 58.4. The SMILES string of the molecule is CC/C=C\C/C=C\C/C=C\C/C=C\C/C=C\C/C=C\CCCCCCC(=O)OC(COCCC/C=C\C/C=C\C/C=C\C/C=C\CC)COP(=O)(O)OCC(N)C(=O)O. The Morgan fingerprint density at radius 2 is 0.932 bits per heavy atom. The largest absolute Gasteiger partial charge is 0.480 e. The van der Waals surface area contributed by atoms with Crippen molar-refractivity contribution in [3.05, 3.63) is 122 Å². The number of carboxylic acid groups (broad SMARTS) is 1. The zero-order valence-electron chi connectivity index (χ0n) is 36.0. The summed E-state index contributed by atoms with van der Waals surface area (Å²) in [6, 6.07) is -1.49. The van der Waals surface area contributed by atoms with E-state index in [2.05, 4.69) is 135 Å². The van der Waals surface area contributed by atoms with E-state index in [1.807, 2.05) is 0 Å². The number of esters is 1. The molecule has 0 heterocycles. The van der Waals surface area contributed by atoms with Gasteiger partial charge in [-0.3, -0.25) is 18.6 Å². The summed E-state index contributed by atoms with van der Waals surface area (Å²) >= 11 is 0. The number of allylic oxidation sites excluding steroid dienone is 20.